The minimum absolute atomic E-state index is 1.15. The lowest BCUT2D eigenvalue weighted by molar-refractivity contribution is 0.418. The molecule has 3 nitrogen and oxygen atoms in total. The highest BCUT2D eigenvalue weighted by Gasteiger charge is 2.11. The maximum Gasteiger partial charge on any atom is 0.0581 e. The molecule has 0 aliphatic carbocycles. The smallest absolute Gasteiger partial charge is 0.0581 e. The second-order valence-corrected chi connectivity index (χ2v) is 4.91. The zero-order chi connectivity index (χ0) is 13.8. The van der Waals surface area contributed by atoms with E-state index in [0.29, 0.717) is 0 Å². The van der Waals surface area contributed by atoms with E-state index in [2.05, 4.69) is 77.5 Å². The van der Waals surface area contributed by atoms with Crippen molar-refractivity contribution in [1.29, 1.82) is 0 Å². The van der Waals surface area contributed by atoms with Crippen LogP contribution in [-0.4, -0.2) is 33.2 Å². The van der Waals surface area contributed by atoms with Crippen LogP contribution in [0.1, 0.15) is 0 Å². The van der Waals surface area contributed by atoms with Gasteiger partial charge in [-0.2, -0.15) is 0 Å². The molecule has 0 aliphatic heterocycles. The third-order valence-electron chi connectivity index (χ3n) is 3.01. The fourth-order valence-corrected chi connectivity index (χ4v) is 2.07. The van der Waals surface area contributed by atoms with E-state index in [0.717, 1.165) is 11.4 Å². The number of para-hydroxylation sites is 1. The summed E-state index contributed by atoms with van der Waals surface area (Å²) in [6, 6.07) is 18.9. The summed E-state index contributed by atoms with van der Waals surface area (Å²) in [5, 5.41) is 4.26. The molecule has 0 atom stereocenters. The maximum atomic E-state index is 2.18. The van der Waals surface area contributed by atoms with Gasteiger partial charge in [-0.1, -0.05) is 18.2 Å². The van der Waals surface area contributed by atoms with Gasteiger partial charge >= 0.3 is 0 Å². The molecule has 0 aliphatic rings. The minimum Gasteiger partial charge on any atom is -0.378 e. The largest absolute Gasteiger partial charge is 0.378 e. The summed E-state index contributed by atoms with van der Waals surface area (Å²) in [6.45, 7) is 0. The minimum atomic E-state index is 1.15. The van der Waals surface area contributed by atoms with Gasteiger partial charge in [-0.25, -0.2) is 5.01 Å². The van der Waals surface area contributed by atoms with Crippen molar-refractivity contribution in [3.63, 3.8) is 0 Å². The number of benzene rings is 2. The molecule has 0 radical (unpaired) electrons. The van der Waals surface area contributed by atoms with Crippen LogP contribution in [0.25, 0.3) is 0 Å². The van der Waals surface area contributed by atoms with Crippen LogP contribution >= 0.6 is 0 Å². The lowest BCUT2D eigenvalue weighted by Crippen LogP contribution is -2.32. The van der Waals surface area contributed by atoms with Crippen molar-refractivity contribution in [1.82, 2.24) is 5.01 Å². The van der Waals surface area contributed by atoms with E-state index in [-0.39, 0.29) is 0 Å². The van der Waals surface area contributed by atoms with Gasteiger partial charge in [0.1, 0.15) is 0 Å². The van der Waals surface area contributed by atoms with Gasteiger partial charge in [0.25, 0.3) is 0 Å². The summed E-state index contributed by atoms with van der Waals surface area (Å²) in [4.78, 5) is 2.10. The van der Waals surface area contributed by atoms with Crippen LogP contribution in [-0.2, 0) is 0 Å². The van der Waals surface area contributed by atoms with Crippen molar-refractivity contribution >= 4 is 17.1 Å². The first-order valence-corrected chi connectivity index (χ1v) is 6.39. The van der Waals surface area contributed by atoms with Crippen molar-refractivity contribution in [2.45, 2.75) is 0 Å². The van der Waals surface area contributed by atoms with Gasteiger partial charge in [0.2, 0.25) is 0 Å². The van der Waals surface area contributed by atoms with Gasteiger partial charge in [0, 0.05) is 33.9 Å². The highest BCUT2D eigenvalue weighted by Crippen LogP contribution is 2.27. The van der Waals surface area contributed by atoms with Crippen molar-refractivity contribution in [3.8, 4) is 0 Å². The summed E-state index contributed by atoms with van der Waals surface area (Å²) in [7, 11) is 8.20. The summed E-state index contributed by atoms with van der Waals surface area (Å²) in [6.07, 6.45) is 0. The Balaban J connectivity index is 2.35. The van der Waals surface area contributed by atoms with E-state index < -0.39 is 0 Å². The summed E-state index contributed by atoms with van der Waals surface area (Å²) in [5.74, 6) is 0. The van der Waals surface area contributed by atoms with E-state index >= 15 is 0 Å². The summed E-state index contributed by atoms with van der Waals surface area (Å²) < 4.78 is 0. The highest BCUT2D eigenvalue weighted by molar-refractivity contribution is 5.64. The molecule has 19 heavy (non-hydrogen) atoms. The zero-order valence-corrected chi connectivity index (χ0v) is 12.0. The van der Waals surface area contributed by atoms with Gasteiger partial charge in [-0.3, -0.25) is 5.01 Å². The van der Waals surface area contributed by atoms with Crippen LogP contribution in [0, 0.1) is 0 Å². The predicted octanol–water partition coefficient (Wildman–Crippen LogP) is 3.37. The molecule has 0 spiro atoms. The molecular weight excluding hydrogens is 234 g/mol. The Hall–Kier alpha value is -2.00. The van der Waals surface area contributed by atoms with E-state index in [1.165, 1.54) is 5.69 Å². The Morgan fingerprint density at radius 3 is 1.53 bits per heavy atom. The van der Waals surface area contributed by atoms with E-state index in [4.69, 9.17) is 0 Å². The van der Waals surface area contributed by atoms with Crippen LogP contribution in [0.15, 0.2) is 54.6 Å². The van der Waals surface area contributed by atoms with Crippen molar-refractivity contribution in [3.05, 3.63) is 54.6 Å². The summed E-state index contributed by atoms with van der Waals surface area (Å²) in [5.41, 5.74) is 3.52. The van der Waals surface area contributed by atoms with E-state index in [9.17, 15) is 0 Å². The average Bonchev–Trinajstić information content (AvgIpc) is 2.40. The Kier molecular flexibility index (Phi) is 4.07. The quantitative estimate of drug-likeness (QED) is 0.776. The SMILES string of the molecule is CN(C)c1ccc(N(c2ccccc2)N(C)C)cc1. The summed E-state index contributed by atoms with van der Waals surface area (Å²) >= 11 is 0. The fourth-order valence-electron chi connectivity index (χ4n) is 2.07. The standard InChI is InChI=1S/C16H21N3/c1-17(2)14-10-12-16(13-11-14)19(18(3)4)15-8-6-5-7-9-15/h5-13H,1-4H3. The molecule has 0 aromatic heterocycles. The number of hydrogen-bond donors (Lipinski definition) is 0. The molecule has 3 heteroatoms. The molecule has 0 saturated heterocycles. The first-order valence-electron chi connectivity index (χ1n) is 6.39. The predicted molar refractivity (Wildman–Crippen MR) is 83.0 cm³/mol. The average molecular weight is 255 g/mol. The molecule has 0 N–H and O–H groups in total. The Morgan fingerprint density at radius 1 is 0.579 bits per heavy atom. The molecule has 100 valence electrons. The van der Waals surface area contributed by atoms with Crippen molar-refractivity contribution < 1.29 is 0 Å². The third-order valence-corrected chi connectivity index (χ3v) is 3.01. The van der Waals surface area contributed by atoms with Gasteiger partial charge in [0.15, 0.2) is 0 Å². The third kappa shape index (κ3) is 3.06. The molecule has 2 aromatic rings. The molecule has 0 unspecified atom stereocenters. The second-order valence-electron chi connectivity index (χ2n) is 4.91. The van der Waals surface area contributed by atoms with Crippen LogP contribution in [0.4, 0.5) is 17.1 Å². The lowest BCUT2D eigenvalue weighted by atomic mass is 10.2. The zero-order valence-electron chi connectivity index (χ0n) is 12.0. The first kappa shape index (κ1) is 13.4. The maximum absolute atomic E-state index is 2.18. The molecule has 2 aromatic carbocycles. The van der Waals surface area contributed by atoms with Gasteiger partial charge in [0.05, 0.1) is 11.4 Å². The number of rotatable bonds is 4. The monoisotopic (exact) mass is 255 g/mol. The van der Waals surface area contributed by atoms with Crippen molar-refractivity contribution in [2.75, 3.05) is 38.1 Å². The Morgan fingerprint density at radius 2 is 1.05 bits per heavy atom. The molecule has 0 amide bonds. The normalized spacial score (nSPS) is 10.6. The molecule has 0 saturated carbocycles. The number of anilines is 3. The van der Waals surface area contributed by atoms with Crippen LogP contribution < -0.4 is 9.91 Å². The first-order chi connectivity index (χ1) is 9.09. The van der Waals surface area contributed by atoms with Gasteiger partial charge in [-0.05, 0) is 36.4 Å². The topological polar surface area (TPSA) is 9.72 Å². The van der Waals surface area contributed by atoms with Crippen LogP contribution in [0.2, 0.25) is 0 Å². The molecule has 2 rings (SSSR count). The van der Waals surface area contributed by atoms with Gasteiger partial charge < -0.3 is 4.90 Å². The Bertz CT molecular complexity index is 503. The van der Waals surface area contributed by atoms with E-state index in [1.807, 2.05) is 20.2 Å². The van der Waals surface area contributed by atoms with Crippen LogP contribution in [0.3, 0.4) is 0 Å². The van der Waals surface area contributed by atoms with Gasteiger partial charge in [-0.15, -0.1) is 0 Å². The van der Waals surface area contributed by atoms with Crippen LogP contribution in [0.5, 0.6) is 0 Å². The number of hydrogen-bond acceptors (Lipinski definition) is 3. The van der Waals surface area contributed by atoms with Crippen molar-refractivity contribution in [2.24, 2.45) is 0 Å². The fraction of sp³-hybridized carbons (Fsp3) is 0.250. The highest BCUT2D eigenvalue weighted by atomic mass is 15.6. The number of hydrazine groups is 1. The molecule has 0 bridgehead atoms. The molecule has 0 heterocycles. The molecule has 0 fully saturated rings. The Labute approximate surface area is 115 Å². The molecular formula is C16H21N3. The second kappa shape index (κ2) is 5.76. The number of nitrogens with zero attached hydrogens (tertiary/aromatic N) is 3. The van der Waals surface area contributed by atoms with E-state index in [1.54, 1.807) is 0 Å². The lowest BCUT2D eigenvalue weighted by Gasteiger charge is -2.31.